The van der Waals surface area contributed by atoms with Crippen LogP contribution in [0.25, 0.3) is 0 Å². The van der Waals surface area contributed by atoms with Crippen LogP contribution in [0.5, 0.6) is 0 Å². The van der Waals surface area contributed by atoms with Crippen LogP contribution < -0.4 is 0 Å². The Kier molecular flexibility index (Phi) is 8.22. The van der Waals surface area contributed by atoms with E-state index in [2.05, 4.69) is 0 Å². The molecule has 0 saturated carbocycles. The van der Waals surface area contributed by atoms with Crippen LogP contribution in [0.2, 0.25) is 0 Å². The molecule has 0 amide bonds. The molecule has 0 aromatic heterocycles. The lowest BCUT2D eigenvalue weighted by Crippen LogP contribution is -2.32. The molecule has 0 aliphatic carbocycles. The normalized spacial score (nSPS) is 10.5. The zero-order valence-electron chi connectivity index (χ0n) is 11.7. The molecule has 1 aromatic rings. The summed E-state index contributed by atoms with van der Waals surface area (Å²) in [5, 5.41) is 42.9. The summed E-state index contributed by atoms with van der Waals surface area (Å²) in [6.07, 6.45) is 0.594. The summed E-state index contributed by atoms with van der Waals surface area (Å²) in [6, 6.07) is 5.02. The number of carbonyl (C=O) groups is 2. The van der Waals surface area contributed by atoms with Gasteiger partial charge in [-0.05, 0) is 30.7 Å². The highest BCUT2D eigenvalue weighted by molar-refractivity contribution is 5.91. The lowest BCUT2D eigenvalue weighted by Gasteiger charge is -2.24. The van der Waals surface area contributed by atoms with Gasteiger partial charge in [-0.15, -0.1) is 0 Å². The molecule has 0 aliphatic heterocycles. The van der Waals surface area contributed by atoms with E-state index in [1.165, 1.54) is 24.3 Å². The van der Waals surface area contributed by atoms with Crippen LogP contribution in [0.4, 0.5) is 0 Å². The molecule has 0 bridgehead atoms. The van der Waals surface area contributed by atoms with Gasteiger partial charge in [0.1, 0.15) is 0 Å². The summed E-state index contributed by atoms with van der Waals surface area (Å²) in [7, 11) is 0. The number of rotatable bonds is 6. The quantitative estimate of drug-likeness (QED) is 0.514. The van der Waals surface area contributed by atoms with Crippen molar-refractivity contribution in [2.24, 2.45) is 5.41 Å². The second kappa shape index (κ2) is 9.06. The van der Waals surface area contributed by atoms with Gasteiger partial charge in [0, 0.05) is 5.41 Å². The molecule has 0 saturated heterocycles. The van der Waals surface area contributed by atoms with Crippen molar-refractivity contribution in [1.29, 1.82) is 0 Å². The maximum absolute atomic E-state index is 10.3. The number of benzene rings is 1. The van der Waals surface area contributed by atoms with Gasteiger partial charge in [-0.3, -0.25) is 0 Å². The third-order valence-corrected chi connectivity index (χ3v) is 3.14. The Hall–Kier alpha value is -1.96. The minimum absolute atomic E-state index is 0.0833. The summed E-state index contributed by atoms with van der Waals surface area (Å²) >= 11 is 0. The fraction of sp³-hybridized carbons (Fsp3) is 0.429. The molecule has 118 valence electrons. The molecule has 0 fully saturated rings. The van der Waals surface area contributed by atoms with Crippen LogP contribution in [0.15, 0.2) is 24.3 Å². The third-order valence-electron chi connectivity index (χ3n) is 3.14. The number of carboxylic acid groups (broad SMARTS) is 2. The first-order valence-electron chi connectivity index (χ1n) is 6.25. The Labute approximate surface area is 122 Å². The number of aromatic carboxylic acids is 2. The maximum Gasteiger partial charge on any atom is 0.335 e. The molecular formula is C14H20O7. The SMILES string of the molecule is CCC(CO)(CO)CO.O=C(O)c1ccc(C(=O)O)cc1. The van der Waals surface area contributed by atoms with Crippen molar-refractivity contribution in [3.05, 3.63) is 35.4 Å². The summed E-state index contributed by atoms with van der Waals surface area (Å²) in [5.74, 6) is -2.13. The van der Waals surface area contributed by atoms with E-state index >= 15 is 0 Å². The lowest BCUT2D eigenvalue weighted by atomic mass is 9.88. The summed E-state index contributed by atoms with van der Waals surface area (Å²) < 4.78 is 0. The minimum atomic E-state index is -1.06. The van der Waals surface area contributed by atoms with Gasteiger partial charge in [0.15, 0.2) is 0 Å². The molecule has 0 heterocycles. The van der Waals surface area contributed by atoms with Gasteiger partial charge in [0.05, 0.1) is 30.9 Å². The van der Waals surface area contributed by atoms with E-state index in [1.54, 1.807) is 0 Å². The summed E-state index contributed by atoms with van der Waals surface area (Å²) in [6.45, 7) is 1.35. The molecule has 21 heavy (non-hydrogen) atoms. The number of hydrogen-bond acceptors (Lipinski definition) is 5. The van der Waals surface area contributed by atoms with E-state index in [4.69, 9.17) is 25.5 Å². The Bertz CT molecular complexity index is 398. The number of hydrogen-bond donors (Lipinski definition) is 5. The topological polar surface area (TPSA) is 135 Å². The van der Waals surface area contributed by atoms with Crippen molar-refractivity contribution < 1.29 is 35.1 Å². The number of aliphatic hydroxyl groups excluding tert-OH is 3. The number of carboxylic acids is 2. The van der Waals surface area contributed by atoms with E-state index in [9.17, 15) is 9.59 Å². The zero-order valence-corrected chi connectivity index (χ0v) is 11.7. The third kappa shape index (κ3) is 5.90. The predicted octanol–water partition coefficient (Wildman–Crippen LogP) is 0.443. The van der Waals surface area contributed by atoms with Gasteiger partial charge in [0.25, 0.3) is 0 Å². The first-order valence-corrected chi connectivity index (χ1v) is 6.25. The highest BCUT2D eigenvalue weighted by Gasteiger charge is 2.24. The highest BCUT2D eigenvalue weighted by atomic mass is 16.4. The Balaban J connectivity index is 0.000000400. The molecular weight excluding hydrogens is 280 g/mol. The van der Waals surface area contributed by atoms with E-state index in [1.807, 2.05) is 6.92 Å². The van der Waals surface area contributed by atoms with Gasteiger partial charge >= 0.3 is 11.9 Å². The average Bonchev–Trinajstić information content (AvgIpc) is 2.51. The van der Waals surface area contributed by atoms with Gasteiger partial charge in [0.2, 0.25) is 0 Å². The lowest BCUT2D eigenvalue weighted by molar-refractivity contribution is 0.00303. The van der Waals surface area contributed by atoms with Crippen LogP contribution >= 0.6 is 0 Å². The van der Waals surface area contributed by atoms with Crippen LogP contribution in [0, 0.1) is 5.41 Å². The fourth-order valence-corrected chi connectivity index (χ4v) is 1.24. The molecule has 7 nitrogen and oxygen atoms in total. The molecule has 5 N–H and O–H groups in total. The Morgan fingerprint density at radius 2 is 1.14 bits per heavy atom. The van der Waals surface area contributed by atoms with Crippen LogP contribution in [0.1, 0.15) is 34.1 Å². The second-order valence-corrected chi connectivity index (χ2v) is 4.52. The maximum atomic E-state index is 10.3. The van der Waals surface area contributed by atoms with Crippen molar-refractivity contribution >= 4 is 11.9 Å². The molecule has 0 unspecified atom stereocenters. The average molecular weight is 300 g/mol. The van der Waals surface area contributed by atoms with E-state index in [0.29, 0.717) is 6.42 Å². The van der Waals surface area contributed by atoms with Crippen LogP contribution in [-0.2, 0) is 0 Å². The van der Waals surface area contributed by atoms with Gasteiger partial charge in [-0.1, -0.05) is 6.92 Å². The van der Waals surface area contributed by atoms with Crippen molar-refractivity contribution in [2.75, 3.05) is 19.8 Å². The number of aliphatic hydroxyl groups is 3. The molecule has 1 rings (SSSR count). The Morgan fingerprint density at radius 3 is 1.24 bits per heavy atom. The molecule has 7 heteroatoms. The second-order valence-electron chi connectivity index (χ2n) is 4.52. The fourth-order valence-electron chi connectivity index (χ4n) is 1.24. The smallest absolute Gasteiger partial charge is 0.335 e. The summed E-state index contributed by atoms with van der Waals surface area (Å²) in [4.78, 5) is 20.7. The predicted molar refractivity (Wildman–Crippen MR) is 74.3 cm³/mol. The zero-order chi connectivity index (χ0) is 16.5. The van der Waals surface area contributed by atoms with Crippen molar-refractivity contribution in [1.82, 2.24) is 0 Å². The molecule has 0 aliphatic rings. The van der Waals surface area contributed by atoms with Crippen LogP contribution in [0.3, 0.4) is 0 Å². The standard InChI is InChI=1S/C8H6O4.C6H14O3/c9-7(10)5-1-2-6(4-3-5)8(11)12;1-2-6(3-7,4-8)5-9/h1-4H,(H,9,10)(H,11,12);7-9H,2-5H2,1H3. The Morgan fingerprint density at radius 1 is 0.857 bits per heavy atom. The van der Waals surface area contributed by atoms with Crippen molar-refractivity contribution in [2.45, 2.75) is 13.3 Å². The van der Waals surface area contributed by atoms with Crippen LogP contribution in [-0.4, -0.2) is 57.3 Å². The molecule has 0 spiro atoms. The van der Waals surface area contributed by atoms with Gasteiger partial charge in [-0.2, -0.15) is 0 Å². The van der Waals surface area contributed by atoms with E-state index in [0.717, 1.165) is 0 Å². The largest absolute Gasteiger partial charge is 0.478 e. The minimum Gasteiger partial charge on any atom is -0.478 e. The van der Waals surface area contributed by atoms with Crippen molar-refractivity contribution in [3.63, 3.8) is 0 Å². The summed E-state index contributed by atoms with van der Waals surface area (Å²) in [5.41, 5.74) is -0.500. The van der Waals surface area contributed by atoms with Gasteiger partial charge < -0.3 is 25.5 Å². The molecule has 0 atom stereocenters. The first-order chi connectivity index (χ1) is 9.85. The van der Waals surface area contributed by atoms with E-state index in [-0.39, 0.29) is 30.9 Å². The molecule has 0 radical (unpaired) electrons. The monoisotopic (exact) mass is 300 g/mol. The van der Waals surface area contributed by atoms with Gasteiger partial charge in [-0.25, -0.2) is 9.59 Å². The highest BCUT2D eigenvalue weighted by Crippen LogP contribution is 2.18. The van der Waals surface area contributed by atoms with E-state index < -0.39 is 17.4 Å². The molecule has 1 aromatic carbocycles. The first kappa shape index (κ1) is 19.0. The van der Waals surface area contributed by atoms with Crippen molar-refractivity contribution in [3.8, 4) is 0 Å².